The molecule has 272 valence electrons. The van der Waals surface area contributed by atoms with Gasteiger partial charge in [0.05, 0.1) is 24.7 Å². The number of hydrogen-bond acceptors (Lipinski definition) is 4. The van der Waals surface area contributed by atoms with Gasteiger partial charge in [-0.2, -0.15) is 0 Å². The molecule has 0 N–H and O–H groups in total. The van der Waals surface area contributed by atoms with Crippen molar-refractivity contribution in [3.05, 3.63) is 167 Å². The summed E-state index contributed by atoms with van der Waals surface area (Å²) in [5.74, 6) is 0.328. The molecular weight excluding hydrogens is 641 g/mol. The van der Waals surface area contributed by atoms with E-state index in [9.17, 15) is 9.59 Å². The predicted octanol–water partition coefficient (Wildman–Crippen LogP) is 11.1. The predicted molar refractivity (Wildman–Crippen MR) is 215 cm³/mol. The van der Waals surface area contributed by atoms with Crippen LogP contribution in [0.25, 0.3) is 0 Å². The summed E-state index contributed by atoms with van der Waals surface area (Å²) < 4.78 is 3.85. The quantitative estimate of drug-likeness (QED) is 0.207. The second-order valence-corrected chi connectivity index (χ2v) is 15.4. The fourth-order valence-electron chi connectivity index (χ4n) is 7.01. The van der Waals surface area contributed by atoms with Crippen LogP contribution in [0.1, 0.15) is 94.2 Å². The molecule has 0 saturated carbocycles. The van der Waals surface area contributed by atoms with Crippen LogP contribution in [0.3, 0.4) is 0 Å². The van der Waals surface area contributed by atoms with Gasteiger partial charge in [-0.15, -0.1) is 0 Å². The molecule has 2 aromatic rings. The molecule has 0 aliphatic heterocycles. The lowest BCUT2D eigenvalue weighted by Gasteiger charge is -2.37. The summed E-state index contributed by atoms with van der Waals surface area (Å²) in [5, 5.41) is 0. The maximum atomic E-state index is 13.2. The van der Waals surface area contributed by atoms with Crippen LogP contribution < -0.4 is 0 Å². The first-order valence-electron chi connectivity index (χ1n) is 18.1. The van der Waals surface area contributed by atoms with E-state index in [2.05, 4.69) is 138 Å². The monoisotopic (exact) mass is 696 g/mol. The third-order valence-electron chi connectivity index (χ3n) is 10.1. The van der Waals surface area contributed by atoms with Crippen LogP contribution in [-0.4, -0.2) is 30.7 Å². The topological polar surface area (TPSA) is 69.8 Å². The average molecular weight is 697 g/mol. The molecule has 2 unspecified atom stereocenters. The van der Waals surface area contributed by atoms with E-state index < -0.39 is 0 Å². The van der Waals surface area contributed by atoms with E-state index in [1.807, 2.05) is 47.5 Å². The number of Topliss-reactive ketones (excluding diaryl/α,β-unsaturated/α-hetero) is 2. The van der Waals surface area contributed by atoms with Crippen molar-refractivity contribution < 1.29 is 9.59 Å². The summed E-state index contributed by atoms with van der Waals surface area (Å²) in [4.78, 5) is 34.6. The first-order chi connectivity index (χ1) is 24.6. The minimum atomic E-state index is -0.199. The second-order valence-electron chi connectivity index (χ2n) is 15.4. The van der Waals surface area contributed by atoms with Gasteiger partial charge < -0.3 is 9.13 Å². The fraction of sp³-hybridized carbons (Fsp3) is 0.348. The van der Waals surface area contributed by atoms with Gasteiger partial charge in [-0.1, -0.05) is 135 Å². The highest BCUT2D eigenvalue weighted by Crippen LogP contribution is 2.45. The van der Waals surface area contributed by atoms with E-state index in [1.165, 1.54) is 0 Å². The van der Waals surface area contributed by atoms with E-state index in [-0.39, 0.29) is 34.5 Å². The van der Waals surface area contributed by atoms with Crippen molar-refractivity contribution in [1.29, 1.82) is 0 Å². The Morgan fingerprint density at radius 1 is 0.596 bits per heavy atom. The zero-order valence-corrected chi connectivity index (χ0v) is 32.7. The van der Waals surface area contributed by atoms with Gasteiger partial charge in [0, 0.05) is 24.8 Å². The zero-order valence-electron chi connectivity index (χ0n) is 32.7. The Labute approximate surface area is 311 Å². The van der Waals surface area contributed by atoms with Crippen LogP contribution in [0.5, 0.6) is 0 Å². The van der Waals surface area contributed by atoms with Gasteiger partial charge in [-0.3, -0.25) is 9.59 Å². The minimum Gasteiger partial charge on any atom is -0.327 e. The maximum absolute atomic E-state index is 13.2. The second kappa shape index (κ2) is 17.4. The normalized spacial score (nSPS) is 22.6. The maximum Gasteiger partial charge on any atom is 0.181 e. The van der Waals surface area contributed by atoms with Crippen molar-refractivity contribution >= 4 is 11.6 Å². The number of ketones is 2. The molecule has 0 radical (unpaired) electrons. The number of rotatable bonds is 12. The Morgan fingerprint density at radius 2 is 0.942 bits per heavy atom. The molecular formula is C46H56N4O2. The van der Waals surface area contributed by atoms with E-state index >= 15 is 0 Å². The van der Waals surface area contributed by atoms with Crippen molar-refractivity contribution in [2.75, 3.05) is 0 Å². The molecule has 0 amide bonds. The molecule has 0 saturated heterocycles. The molecule has 2 atom stereocenters. The third-order valence-corrected chi connectivity index (χ3v) is 10.1. The molecule has 6 nitrogen and oxygen atoms in total. The molecule has 2 heterocycles. The van der Waals surface area contributed by atoms with Crippen molar-refractivity contribution in [3.8, 4) is 0 Å². The molecule has 4 rings (SSSR count). The van der Waals surface area contributed by atoms with E-state index in [0.717, 1.165) is 57.4 Å². The molecule has 0 bridgehead atoms. The zero-order chi connectivity index (χ0) is 38.1. The lowest BCUT2D eigenvalue weighted by atomic mass is 9.70. The highest BCUT2D eigenvalue weighted by Gasteiger charge is 2.39. The number of nitrogens with zero attached hydrogens (tertiary/aromatic N) is 4. The molecule has 0 spiro atoms. The fourth-order valence-corrected chi connectivity index (χ4v) is 7.01. The van der Waals surface area contributed by atoms with Crippen molar-refractivity contribution in [2.45, 2.75) is 94.2 Å². The standard InChI is InChI=1S/C46H56N4O2/c1-33(17-13-19-35(3)21-23-39-37(5)43(51)41(29-45(39,7)8)49-27-25-47-31-49)15-11-12-16-34(2)18-14-20-36(4)22-24-40-38(6)44(52)42(30-46(40,9)10)50-28-26-48-32-50/h11-28,31-32,41-42H,29-30H2,1-10H3/b12-11+,17-13+,18-14+,23-21+,24-22+,33-15+,34-16+,35-19+,36-20+. The summed E-state index contributed by atoms with van der Waals surface area (Å²) >= 11 is 0. The molecule has 0 fully saturated rings. The van der Waals surface area contributed by atoms with E-state index in [0.29, 0.717) is 0 Å². The van der Waals surface area contributed by atoms with Crippen molar-refractivity contribution in [1.82, 2.24) is 19.1 Å². The Hall–Kier alpha value is -5.10. The summed E-state index contributed by atoms with van der Waals surface area (Å²) in [6.45, 7) is 21.0. The van der Waals surface area contributed by atoms with Crippen LogP contribution in [0.2, 0.25) is 0 Å². The van der Waals surface area contributed by atoms with Gasteiger partial charge in [0.2, 0.25) is 0 Å². The molecule has 2 aromatic heterocycles. The number of aromatic nitrogens is 4. The smallest absolute Gasteiger partial charge is 0.181 e. The number of hydrogen-bond donors (Lipinski definition) is 0. The van der Waals surface area contributed by atoms with Crippen LogP contribution in [-0.2, 0) is 9.59 Å². The molecule has 52 heavy (non-hydrogen) atoms. The largest absolute Gasteiger partial charge is 0.327 e. The first kappa shape index (κ1) is 39.7. The lowest BCUT2D eigenvalue weighted by molar-refractivity contribution is -0.120. The molecule has 2 aliphatic rings. The highest BCUT2D eigenvalue weighted by atomic mass is 16.1. The number of carbonyl (C=O) groups excluding carboxylic acids is 2. The van der Waals surface area contributed by atoms with Gasteiger partial charge in [-0.05, 0) is 87.5 Å². The first-order valence-corrected chi connectivity index (χ1v) is 18.1. The Morgan fingerprint density at radius 3 is 1.29 bits per heavy atom. The molecule has 0 aromatic carbocycles. The highest BCUT2D eigenvalue weighted by molar-refractivity contribution is 6.01. The van der Waals surface area contributed by atoms with Gasteiger partial charge in [0.15, 0.2) is 11.6 Å². The van der Waals surface area contributed by atoms with Crippen molar-refractivity contribution in [2.24, 2.45) is 10.8 Å². The van der Waals surface area contributed by atoms with Gasteiger partial charge >= 0.3 is 0 Å². The van der Waals surface area contributed by atoms with Crippen LogP contribution in [0, 0.1) is 10.8 Å². The Balaban J connectivity index is 1.29. The Kier molecular flexibility index (Phi) is 13.3. The minimum absolute atomic E-state index is 0.124. The Bertz CT molecular complexity index is 1810. The SMILES string of the molecule is CC1=C(/C=C/C(C)=C/C=C/C(C)=C/C=C/C=C(C)/C=C/C=C(C)/C=C/C2=C(C)C(=O)C(n3ccnc3)CC2(C)C)C(C)(C)CC(n2ccnc2)C1=O. The van der Waals surface area contributed by atoms with Gasteiger partial charge in [0.1, 0.15) is 0 Å². The van der Waals surface area contributed by atoms with Gasteiger partial charge in [-0.25, -0.2) is 9.97 Å². The number of carbonyl (C=O) groups is 2. The van der Waals surface area contributed by atoms with Crippen molar-refractivity contribution in [3.63, 3.8) is 0 Å². The summed E-state index contributed by atoms with van der Waals surface area (Å²) in [7, 11) is 0. The molecule has 2 aliphatic carbocycles. The average Bonchev–Trinajstić information content (AvgIpc) is 3.82. The van der Waals surface area contributed by atoms with Crippen LogP contribution in [0.15, 0.2) is 167 Å². The van der Waals surface area contributed by atoms with Crippen LogP contribution in [0.4, 0.5) is 0 Å². The number of imidazole rings is 2. The van der Waals surface area contributed by atoms with E-state index in [1.54, 1.807) is 25.0 Å². The summed E-state index contributed by atoms with van der Waals surface area (Å²) in [6.07, 6.45) is 41.3. The van der Waals surface area contributed by atoms with E-state index in [4.69, 9.17) is 0 Å². The third kappa shape index (κ3) is 10.2. The number of allylic oxidation sites excluding steroid dienone is 22. The summed E-state index contributed by atoms with van der Waals surface area (Å²) in [6, 6.07) is -0.399. The lowest BCUT2D eigenvalue weighted by Crippen LogP contribution is -2.33. The summed E-state index contributed by atoms with van der Waals surface area (Å²) in [5.41, 5.74) is 8.11. The van der Waals surface area contributed by atoms with Crippen LogP contribution >= 0.6 is 0 Å². The molecule has 6 heteroatoms. The van der Waals surface area contributed by atoms with Gasteiger partial charge in [0.25, 0.3) is 0 Å².